The zero-order valence-electron chi connectivity index (χ0n) is 8.94. The van der Waals surface area contributed by atoms with E-state index in [0.717, 1.165) is 0 Å². The number of aliphatic hydroxyl groups excluding tert-OH is 1. The molecular weight excluding hydrogens is 276 g/mol. The van der Waals surface area contributed by atoms with Gasteiger partial charge in [0.05, 0.1) is 4.47 Å². The van der Waals surface area contributed by atoms with Crippen LogP contribution in [0.2, 0.25) is 0 Å². The van der Waals surface area contributed by atoms with Crippen LogP contribution in [-0.4, -0.2) is 27.4 Å². The molecule has 88 valence electrons. The molecule has 3 N–H and O–H groups in total. The summed E-state index contributed by atoms with van der Waals surface area (Å²) >= 11 is 3.15. The van der Waals surface area contributed by atoms with E-state index >= 15 is 0 Å². The predicted octanol–water partition coefficient (Wildman–Crippen LogP) is 1.88. The van der Waals surface area contributed by atoms with E-state index in [1.807, 2.05) is 0 Å². The van der Waals surface area contributed by atoms with E-state index in [0.29, 0.717) is 10.0 Å². The van der Waals surface area contributed by atoms with Gasteiger partial charge in [-0.3, -0.25) is 0 Å². The highest BCUT2D eigenvalue weighted by atomic mass is 79.9. The Labute approximate surface area is 102 Å². The van der Waals surface area contributed by atoms with Crippen molar-refractivity contribution in [2.24, 2.45) is 0 Å². The number of halogens is 1. The summed E-state index contributed by atoms with van der Waals surface area (Å²) in [5.74, 6) is -1.20. The minimum Gasteiger partial charge on any atom is -0.507 e. The number of carboxylic acid groups (broad SMARTS) is 1. The van der Waals surface area contributed by atoms with Gasteiger partial charge in [-0.2, -0.15) is 0 Å². The number of hydrogen-bond acceptors (Lipinski definition) is 3. The van der Waals surface area contributed by atoms with Gasteiger partial charge >= 0.3 is 5.97 Å². The van der Waals surface area contributed by atoms with E-state index in [4.69, 9.17) is 5.11 Å². The van der Waals surface area contributed by atoms with Crippen LogP contribution in [0.25, 0.3) is 0 Å². The van der Waals surface area contributed by atoms with E-state index < -0.39 is 17.5 Å². The second-order valence-corrected chi connectivity index (χ2v) is 4.98. The summed E-state index contributed by atoms with van der Waals surface area (Å²) in [6.07, 6.45) is -1.50. The maximum absolute atomic E-state index is 10.8. The third-order valence-corrected chi connectivity index (χ3v) is 3.24. The lowest BCUT2D eigenvalue weighted by Crippen LogP contribution is -2.39. The van der Waals surface area contributed by atoms with Crippen molar-refractivity contribution < 1.29 is 20.1 Å². The van der Waals surface area contributed by atoms with E-state index in [-0.39, 0.29) is 5.75 Å². The molecule has 0 aliphatic carbocycles. The molecule has 0 spiro atoms. The Kier molecular flexibility index (Phi) is 3.60. The van der Waals surface area contributed by atoms with Crippen molar-refractivity contribution in [2.45, 2.75) is 25.4 Å². The molecule has 0 radical (unpaired) electrons. The molecular formula is C11H13BrO4. The van der Waals surface area contributed by atoms with E-state index in [1.165, 1.54) is 6.07 Å². The lowest BCUT2D eigenvalue weighted by atomic mass is 9.79. The molecule has 0 fully saturated rings. The Morgan fingerprint density at radius 1 is 1.44 bits per heavy atom. The molecule has 1 unspecified atom stereocenters. The fraction of sp³-hybridized carbons (Fsp3) is 0.364. The molecule has 0 aliphatic rings. The number of aliphatic carboxylic acids is 1. The fourth-order valence-corrected chi connectivity index (χ4v) is 1.75. The molecule has 0 amide bonds. The number of phenols is 1. The highest BCUT2D eigenvalue weighted by molar-refractivity contribution is 9.10. The highest BCUT2D eigenvalue weighted by Crippen LogP contribution is 2.33. The second kappa shape index (κ2) is 4.43. The zero-order chi connectivity index (χ0) is 12.5. The van der Waals surface area contributed by atoms with Crippen molar-refractivity contribution >= 4 is 21.9 Å². The molecule has 0 heterocycles. The maximum atomic E-state index is 10.8. The van der Waals surface area contributed by atoms with Crippen molar-refractivity contribution in [1.82, 2.24) is 0 Å². The first-order valence-corrected chi connectivity index (χ1v) is 5.46. The molecule has 1 aromatic rings. The Hall–Kier alpha value is -1.07. The molecule has 0 saturated carbocycles. The molecule has 0 bridgehead atoms. The molecule has 16 heavy (non-hydrogen) atoms. The molecule has 0 aliphatic heterocycles. The van der Waals surface area contributed by atoms with Gasteiger partial charge in [0.15, 0.2) is 6.10 Å². The minimum absolute atomic E-state index is 0.0735. The number of phenolic OH excluding ortho intramolecular Hbond substituents is 1. The maximum Gasteiger partial charge on any atom is 0.333 e. The SMILES string of the molecule is CC(C)(c1ccc(O)c(Br)c1)C(O)C(=O)O. The Morgan fingerprint density at radius 3 is 2.44 bits per heavy atom. The number of aliphatic hydroxyl groups is 1. The predicted molar refractivity (Wildman–Crippen MR) is 62.5 cm³/mol. The standard InChI is InChI=1S/C11H13BrO4/c1-11(2,9(14)10(15)16)6-3-4-8(13)7(12)5-6/h3-5,9,13-14H,1-2H3,(H,15,16). The summed E-state index contributed by atoms with van der Waals surface area (Å²) in [6.45, 7) is 3.26. The third kappa shape index (κ3) is 2.36. The van der Waals surface area contributed by atoms with Crippen molar-refractivity contribution in [2.75, 3.05) is 0 Å². The van der Waals surface area contributed by atoms with Crippen LogP contribution in [-0.2, 0) is 10.2 Å². The lowest BCUT2D eigenvalue weighted by Gasteiger charge is -2.28. The minimum atomic E-state index is -1.50. The van der Waals surface area contributed by atoms with Gasteiger partial charge in [-0.15, -0.1) is 0 Å². The quantitative estimate of drug-likeness (QED) is 0.794. The summed E-state index contributed by atoms with van der Waals surface area (Å²) in [7, 11) is 0. The first kappa shape index (κ1) is 13.0. The number of hydrogen-bond donors (Lipinski definition) is 3. The third-order valence-electron chi connectivity index (χ3n) is 2.61. The van der Waals surface area contributed by atoms with Crippen molar-refractivity contribution in [3.63, 3.8) is 0 Å². The monoisotopic (exact) mass is 288 g/mol. The van der Waals surface area contributed by atoms with Crippen molar-refractivity contribution in [3.05, 3.63) is 28.2 Å². The second-order valence-electron chi connectivity index (χ2n) is 4.13. The summed E-state index contributed by atoms with van der Waals surface area (Å²) in [6, 6.07) is 4.64. The topological polar surface area (TPSA) is 77.8 Å². The van der Waals surface area contributed by atoms with Gasteiger partial charge in [-0.25, -0.2) is 4.79 Å². The fourth-order valence-electron chi connectivity index (χ4n) is 1.37. The molecule has 1 aromatic carbocycles. The van der Waals surface area contributed by atoms with E-state index in [9.17, 15) is 15.0 Å². The van der Waals surface area contributed by atoms with Gasteiger partial charge in [-0.05, 0) is 33.6 Å². The van der Waals surface area contributed by atoms with Gasteiger partial charge in [0, 0.05) is 5.41 Å². The first-order valence-electron chi connectivity index (χ1n) is 4.66. The summed E-state index contributed by atoms with van der Waals surface area (Å²) in [5.41, 5.74) is -0.297. The van der Waals surface area contributed by atoms with Crippen LogP contribution in [0.5, 0.6) is 5.75 Å². The molecule has 5 heteroatoms. The first-order chi connectivity index (χ1) is 7.26. The summed E-state index contributed by atoms with van der Waals surface area (Å²) in [4.78, 5) is 10.8. The van der Waals surface area contributed by atoms with Gasteiger partial charge in [-0.1, -0.05) is 19.9 Å². The summed E-state index contributed by atoms with van der Waals surface area (Å²) < 4.78 is 0.468. The van der Waals surface area contributed by atoms with Gasteiger partial charge in [0.2, 0.25) is 0 Å². The molecule has 0 saturated heterocycles. The van der Waals surface area contributed by atoms with Crippen LogP contribution < -0.4 is 0 Å². The molecule has 0 aromatic heterocycles. The Balaban J connectivity index is 3.16. The van der Waals surface area contributed by atoms with Crippen molar-refractivity contribution in [3.8, 4) is 5.75 Å². The van der Waals surface area contributed by atoms with Crippen LogP contribution >= 0.6 is 15.9 Å². The van der Waals surface area contributed by atoms with Crippen LogP contribution in [0, 0.1) is 0 Å². The Bertz CT molecular complexity index is 414. The van der Waals surface area contributed by atoms with E-state index in [2.05, 4.69) is 15.9 Å². The van der Waals surface area contributed by atoms with Gasteiger partial charge in [0.25, 0.3) is 0 Å². The average Bonchev–Trinajstić information content (AvgIpc) is 2.20. The lowest BCUT2D eigenvalue weighted by molar-refractivity contribution is -0.150. The molecule has 1 rings (SSSR count). The van der Waals surface area contributed by atoms with Crippen LogP contribution in [0.15, 0.2) is 22.7 Å². The highest BCUT2D eigenvalue weighted by Gasteiger charge is 2.35. The average molecular weight is 289 g/mol. The number of carboxylic acids is 1. The van der Waals surface area contributed by atoms with Gasteiger partial charge in [0.1, 0.15) is 5.75 Å². The number of benzene rings is 1. The molecule has 4 nitrogen and oxygen atoms in total. The normalized spacial score (nSPS) is 13.5. The smallest absolute Gasteiger partial charge is 0.333 e. The largest absolute Gasteiger partial charge is 0.507 e. The Morgan fingerprint density at radius 2 is 2.00 bits per heavy atom. The number of aromatic hydroxyl groups is 1. The molecule has 1 atom stereocenters. The summed E-state index contributed by atoms with van der Waals surface area (Å²) in [5, 5.41) is 27.7. The van der Waals surface area contributed by atoms with Crippen LogP contribution in [0.1, 0.15) is 19.4 Å². The number of carbonyl (C=O) groups is 1. The van der Waals surface area contributed by atoms with Crippen LogP contribution in [0.3, 0.4) is 0 Å². The van der Waals surface area contributed by atoms with Crippen LogP contribution in [0.4, 0.5) is 0 Å². The van der Waals surface area contributed by atoms with Gasteiger partial charge < -0.3 is 15.3 Å². The zero-order valence-corrected chi connectivity index (χ0v) is 10.5. The van der Waals surface area contributed by atoms with Crippen molar-refractivity contribution in [1.29, 1.82) is 0 Å². The van der Waals surface area contributed by atoms with E-state index in [1.54, 1.807) is 26.0 Å². The number of rotatable bonds is 3.